The maximum atomic E-state index is 3.53. The topological polar surface area (TPSA) is 18.5 Å². The van der Waals surface area contributed by atoms with Crippen LogP contribution in [0, 0.1) is 5.92 Å². The van der Waals surface area contributed by atoms with Gasteiger partial charge < -0.3 is 15.1 Å². The second kappa shape index (κ2) is 6.72. The fraction of sp³-hybridized carbons (Fsp3) is 1.00. The van der Waals surface area contributed by atoms with Crippen LogP contribution in [0.5, 0.6) is 0 Å². The van der Waals surface area contributed by atoms with Crippen LogP contribution < -0.4 is 5.32 Å². The lowest BCUT2D eigenvalue weighted by molar-refractivity contribution is 0.175. The Balaban J connectivity index is 1.81. The molecular formula is C14H29N3. The van der Waals surface area contributed by atoms with Crippen LogP contribution in [0.2, 0.25) is 0 Å². The molecule has 1 aliphatic carbocycles. The molecule has 1 saturated heterocycles. The Bertz CT molecular complexity index is 220. The van der Waals surface area contributed by atoms with Crippen molar-refractivity contribution in [3.63, 3.8) is 0 Å². The van der Waals surface area contributed by atoms with Crippen LogP contribution in [0.4, 0.5) is 0 Å². The molecule has 2 atom stereocenters. The summed E-state index contributed by atoms with van der Waals surface area (Å²) in [5, 5.41) is 3.53. The molecule has 100 valence electrons. The zero-order valence-corrected chi connectivity index (χ0v) is 11.6. The highest BCUT2D eigenvalue weighted by molar-refractivity contribution is 4.83. The van der Waals surface area contributed by atoms with Crippen molar-refractivity contribution in [1.29, 1.82) is 0 Å². The summed E-state index contributed by atoms with van der Waals surface area (Å²) < 4.78 is 0. The standard InChI is InChI=1S/C14H29N3/c1-15-14-7-4-3-6-13(14)12-17-9-5-8-16(2)10-11-17/h13-15H,3-12H2,1-2H3. The molecule has 0 aromatic rings. The number of hydrogen-bond donors (Lipinski definition) is 1. The lowest BCUT2D eigenvalue weighted by atomic mass is 9.84. The van der Waals surface area contributed by atoms with Crippen LogP contribution >= 0.6 is 0 Å². The molecule has 2 aliphatic rings. The zero-order valence-electron chi connectivity index (χ0n) is 11.6. The Morgan fingerprint density at radius 3 is 2.65 bits per heavy atom. The molecule has 2 unspecified atom stereocenters. The van der Waals surface area contributed by atoms with E-state index in [1.165, 1.54) is 64.8 Å². The van der Waals surface area contributed by atoms with Crippen molar-refractivity contribution in [2.24, 2.45) is 5.92 Å². The minimum Gasteiger partial charge on any atom is -0.317 e. The SMILES string of the molecule is CNC1CCCCC1CN1CCCN(C)CC1. The van der Waals surface area contributed by atoms with Crippen molar-refractivity contribution in [3.8, 4) is 0 Å². The second-order valence-electron chi connectivity index (χ2n) is 5.90. The number of nitrogens with zero attached hydrogens (tertiary/aromatic N) is 2. The van der Waals surface area contributed by atoms with Gasteiger partial charge in [0.15, 0.2) is 0 Å². The van der Waals surface area contributed by atoms with Gasteiger partial charge in [-0.1, -0.05) is 12.8 Å². The minimum absolute atomic E-state index is 0.768. The van der Waals surface area contributed by atoms with Gasteiger partial charge in [-0.3, -0.25) is 0 Å². The van der Waals surface area contributed by atoms with Gasteiger partial charge in [-0.15, -0.1) is 0 Å². The Labute approximate surface area is 107 Å². The summed E-state index contributed by atoms with van der Waals surface area (Å²) >= 11 is 0. The first-order valence-corrected chi connectivity index (χ1v) is 7.38. The van der Waals surface area contributed by atoms with Gasteiger partial charge in [0.1, 0.15) is 0 Å². The molecule has 0 spiro atoms. The largest absolute Gasteiger partial charge is 0.317 e. The first-order chi connectivity index (χ1) is 8.29. The Morgan fingerprint density at radius 1 is 1.00 bits per heavy atom. The van der Waals surface area contributed by atoms with E-state index in [1.54, 1.807) is 0 Å². The molecule has 1 heterocycles. The third kappa shape index (κ3) is 3.94. The molecule has 2 fully saturated rings. The molecule has 1 N–H and O–H groups in total. The molecular weight excluding hydrogens is 210 g/mol. The Hall–Kier alpha value is -0.120. The third-order valence-electron chi connectivity index (χ3n) is 4.58. The second-order valence-corrected chi connectivity index (χ2v) is 5.90. The molecule has 0 aromatic heterocycles. The fourth-order valence-electron chi connectivity index (χ4n) is 3.42. The van der Waals surface area contributed by atoms with Gasteiger partial charge in [0.25, 0.3) is 0 Å². The van der Waals surface area contributed by atoms with E-state index in [9.17, 15) is 0 Å². The molecule has 1 aliphatic heterocycles. The van der Waals surface area contributed by atoms with Crippen molar-refractivity contribution >= 4 is 0 Å². The summed E-state index contributed by atoms with van der Waals surface area (Å²) in [4.78, 5) is 5.17. The predicted octanol–water partition coefficient (Wildman–Crippen LogP) is 1.40. The van der Waals surface area contributed by atoms with Crippen LogP contribution in [0.3, 0.4) is 0 Å². The highest BCUT2D eigenvalue weighted by atomic mass is 15.2. The van der Waals surface area contributed by atoms with Gasteiger partial charge in [0.05, 0.1) is 0 Å². The van der Waals surface area contributed by atoms with E-state index in [0.717, 1.165) is 12.0 Å². The summed E-state index contributed by atoms with van der Waals surface area (Å²) in [7, 11) is 4.39. The van der Waals surface area contributed by atoms with Gasteiger partial charge in [-0.2, -0.15) is 0 Å². The number of nitrogens with one attached hydrogen (secondary N) is 1. The normalized spacial score (nSPS) is 33.5. The summed E-state index contributed by atoms with van der Waals surface area (Å²) in [6.07, 6.45) is 7.02. The minimum atomic E-state index is 0.768. The van der Waals surface area contributed by atoms with E-state index in [4.69, 9.17) is 0 Å². The van der Waals surface area contributed by atoms with Gasteiger partial charge in [-0.05, 0) is 52.4 Å². The predicted molar refractivity (Wildman–Crippen MR) is 73.4 cm³/mol. The van der Waals surface area contributed by atoms with Crippen molar-refractivity contribution in [2.45, 2.75) is 38.1 Å². The van der Waals surface area contributed by atoms with Crippen LogP contribution in [0.25, 0.3) is 0 Å². The molecule has 2 rings (SSSR count). The number of hydrogen-bond acceptors (Lipinski definition) is 3. The molecule has 0 aromatic carbocycles. The average Bonchev–Trinajstić information content (AvgIpc) is 2.55. The van der Waals surface area contributed by atoms with Crippen LogP contribution in [-0.2, 0) is 0 Å². The number of likely N-dealkylation sites (N-methyl/N-ethyl adjacent to an activating group) is 1. The summed E-state index contributed by atoms with van der Waals surface area (Å²) in [6.45, 7) is 6.41. The number of rotatable bonds is 3. The van der Waals surface area contributed by atoms with Crippen molar-refractivity contribution in [2.75, 3.05) is 46.8 Å². The van der Waals surface area contributed by atoms with E-state index in [-0.39, 0.29) is 0 Å². The van der Waals surface area contributed by atoms with E-state index in [2.05, 4.69) is 29.2 Å². The van der Waals surface area contributed by atoms with Crippen molar-refractivity contribution < 1.29 is 0 Å². The van der Waals surface area contributed by atoms with Crippen LogP contribution in [-0.4, -0.2) is 62.7 Å². The lowest BCUT2D eigenvalue weighted by Crippen LogP contribution is -2.43. The lowest BCUT2D eigenvalue weighted by Gasteiger charge is -2.35. The van der Waals surface area contributed by atoms with E-state index >= 15 is 0 Å². The summed E-state index contributed by atoms with van der Waals surface area (Å²) in [6, 6.07) is 0.768. The van der Waals surface area contributed by atoms with Crippen molar-refractivity contribution in [1.82, 2.24) is 15.1 Å². The molecule has 17 heavy (non-hydrogen) atoms. The maximum Gasteiger partial charge on any atom is 0.0109 e. The molecule has 0 amide bonds. The summed E-state index contributed by atoms with van der Waals surface area (Å²) in [5.41, 5.74) is 0. The highest BCUT2D eigenvalue weighted by Crippen LogP contribution is 2.25. The van der Waals surface area contributed by atoms with Crippen LogP contribution in [0.15, 0.2) is 0 Å². The first kappa shape index (κ1) is 13.3. The van der Waals surface area contributed by atoms with Gasteiger partial charge >= 0.3 is 0 Å². The monoisotopic (exact) mass is 239 g/mol. The van der Waals surface area contributed by atoms with Gasteiger partial charge in [0.2, 0.25) is 0 Å². The molecule has 3 nitrogen and oxygen atoms in total. The van der Waals surface area contributed by atoms with E-state index in [1.807, 2.05) is 0 Å². The highest BCUT2D eigenvalue weighted by Gasteiger charge is 2.26. The maximum absolute atomic E-state index is 3.53. The fourth-order valence-corrected chi connectivity index (χ4v) is 3.42. The van der Waals surface area contributed by atoms with Gasteiger partial charge in [0, 0.05) is 25.7 Å². The van der Waals surface area contributed by atoms with Gasteiger partial charge in [-0.25, -0.2) is 0 Å². The Morgan fingerprint density at radius 2 is 1.82 bits per heavy atom. The van der Waals surface area contributed by atoms with Crippen LogP contribution in [0.1, 0.15) is 32.1 Å². The average molecular weight is 239 g/mol. The first-order valence-electron chi connectivity index (χ1n) is 7.38. The molecule has 0 bridgehead atoms. The molecule has 1 saturated carbocycles. The third-order valence-corrected chi connectivity index (χ3v) is 4.58. The van der Waals surface area contributed by atoms with E-state index in [0.29, 0.717) is 0 Å². The smallest absolute Gasteiger partial charge is 0.0109 e. The summed E-state index contributed by atoms with van der Waals surface area (Å²) in [5.74, 6) is 0.886. The zero-order chi connectivity index (χ0) is 12.1. The molecule has 3 heteroatoms. The van der Waals surface area contributed by atoms with Crippen molar-refractivity contribution in [3.05, 3.63) is 0 Å². The van der Waals surface area contributed by atoms with E-state index < -0.39 is 0 Å². The quantitative estimate of drug-likeness (QED) is 0.803. The molecule has 0 radical (unpaired) electrons. The Kier molecular flexibility index (Phi) is 5.26.